The van der Waals surface area contributed by atoms with E-state index in [-0.39, 0.29) is 5.69 Å². The minimum atomic E-state index is -0.217. The van der Waals surface area contributed by atoms with Crippen molar-refractivity contribution < 1.29 is 4.68 Å². The number of halogens is 1. The summed E-state index contributed by atoms with van der Waals surface area (Å²) in [4.78, 5) is 12.0. The van der Waals surface area contributed by atoms with Gasteiger partial charge in [0.05, 0.1) is 0 Å². The normalized spacial score (nSPS) is 10.6. The molecule has 1 heterocycles. The first-order chi connectivity index (χ1) is 9.24. The van der Waals surface area contributed by atoms with E-state index in [9.17, 15) is 4.79 Å². The maximum Gasteiger partial charge on any atom is 0.449 e. The van der Waals surface area contributed by atoms with Crippen LogP contribution >= 0.6 is 11.6 Å². The molecule has 0 amide bonds. The summed E-state index contributed by atoms with van der Waals surface area (Å²) in [5.41, 5.74) is 1.40. The van der Waals surface area contributed by atoms with E-state index in [1.54, 1.807) is 23.1 Å². The lowest BCUT2D eigenvalue weighted by Gasteiger charge is -1.94. The fourth-order valence-corrected chi connectivity index (χ4v) is 2.07. The lowest BCUT2D eigenvalue weighted by Crippen LogP contribution is -2.33. The molecule has 0 saturated carbocycles. The molecule has 0 aliphatic heterocycles. The van der Waals surface area contributed by atoms with Gasteiger partial charge >= 0.3 is 5.69 Å². The second-order valence-electron chi connectivity index (χ2n) is 4.09. The standard InChI is InChI=1S/C14H10ClN3O/c15-11-5-4-8-13(9-11)17-10-18(16-14(17)19)12-6-2-1-3-7-12/h1-10H/p+1. The Bertz CT molecular complexity index is 762. The second kappa shape index (κ2) is 4.74. The number of benzene rings is 2. The van der Waals surface area contributed by atoms with Gasteiger partial charge in [0.2, 0.25) is 0 Å². The average molecular weight is 273 g/mol. The fourth-order valence-electron chi connectivity index (χ4n) is 1.88. The molecule has 2 aromatic carbocycles. The number of aromatic nitrogens is 3. The van der Waals surface area contributed by atoms with Crippen LogP contribution in [0.3, 0.4) is 0 Å². The molecule has 19 heavy (non-hydrogen) atoms. The minimum absolute atomic E-state index is 0.217. The van der Waals surface area contributed by atoms with Crippen LogP contribution in [-0.4, -0.2) is 9.67 Å². The summed E-state index contributed by atoms with van der Waals surface area (Å²) in [5.74, 6) is 0. The highest BCUT2D eigenvalue weighted by Crippen LogP contribution is 2.12. The van der Waals surface area contributed by atoms with Gasteiger partial charge in [-0.25, -0.2) is 4.79 Å². The van der Waals surface area contributed by atoms with Crippen molar-refractivity contribution in [2.75, 3.05) is 0 Å². The zero-order valence-electron chi connectivity index (χ0n) is 9.95. The Morgan fingerprint density at radius 3 is 2.58 bits per heavy atom. The van der Waals surface area contributed by atoms with Crippen LogP contribution in [0.5, 0.6) is 0 Å². The van der Waals surface area contributed by atoms with Crippen LogP contribution in [0.1, 0.15) is 0 Å². The molecule has 1 N–H and O–H groups in total. The predicted molar refractivity (Wildman–Crippen MR) is 72.9 cm³/mol. The molecule has 0 unspecified atom stereocenters. The van der Waals surface area contributed by atoms with Crippen molar-refractivity contribution in [1.82, 2.24) is 9.67 Å². The van der Waals surface area contributed by atoms with Gasteiger partial charge in [-0.05, 0) is 24.3 Å². The van der Waals surface area contributed by atoms with Gasteiger partial charge in [-0.1, -0.05) is 35.9 Å². The molecule has 4 nitrogen and oxygen atoms in total. The Morgan fingerprint density at radius 1 is 1.05 bits per heavy atom. The predicted octanol–water partition coefficient (Wildman–Crippen LogP) is 2.10. The van der Waals surface area contributed by atoms with E-state index < -0.39 is 0 Å². The zero-order valence-corrected chi connectivity index (χ0v) is 10.7. The van der Waals surface area contributed by atoms with Crippen LogP contribution < -0.4 is 10.4 Å². The van der Waals surface area contributed by atoms with Crippen molar-refractivity contribution in [3.05, 3.63) is 76.4 Å². The summed E-state index contributed by atoms with van der Waals surface area (Å²) in [6, 6.07) is 16.7. The topological polar surface area (TPSA) is 41.7 Å². The molecule has 0 spiro atoms. The van der Waals surface area contributed by atoms with Crippen molar-refractivity contribution in [1.29, 1.82) is 0 Å². The van der Waals surface area contributed by atoms with Gasteiger partial charge in [-0.2, -0.15) is 0 Å². The molecule has 0 radical (unpaired) electrons. The molecule has 0 saturated heterocycles. The molecule has 1 aromatic heterocycles. The summed E-state index contributed by atoms with van der Waals surface area (Å²) in [6.45, 7) is 0. The highest BCUT2D eigenvalue weighted by atomic mass is 35.5. The van der Waals surface area contributed by atoms with Gasteiger partial charge in [0.15, 0.2) is 5.69 Å². The molecular formula is C14H11ClN3O+. The van der Waals surface area contributed by atoms with Crippen LogP contribution in [0.4, 0.5) is 0 Å². The van der Waals surface area contributed by atoms with E-state index in [2.05, 4.69) is 5.10 Å². The van der Waals surface area contributed by atoms with Crippen LogP contribution in [0.15, 0.2) is 65.7 Å². The summed E-state index contributed by atoms with van der Waals surface area (Å²) >= 11 is 5.94. The first kappa shape index (κ1) is 11.7. The highest BCUT2D eigenvalue weighted by Gasteiger charge is 2.14. The molecule has 3 aromatic rings. The third kappa shape index (κ3) is 2.30. The molecule has 0 fully saturated rings. The molecule has 3 rings (SSSR count). The molecule has 0 aliphatic rings. The van der Waals surface area contributed by atoms with Crippen LogP contribution in [0.2, 0.25) is 5.02 Å². The second-order valence-corrected chi connectivity index (χ2v) is 4.52. The first-order valence-corrected chi connectivity index (χ1v) is 6.16. The molecule has 0 aliphatic carbocycles. The fraction of sp³-hybridized carbons (Fsp3) is 0. The number of rotatable bonds is 2. The summed E-state index contributed by atoms with van der Waals surface area (Å²) in [5, 5.41) is 3.35. The Hall–Kier alpha value is -2.33. The zero-order chi connectivity index (χ0) is 13.2. The van der Waals surface area contributed by atoms with E-state index in [0.29, 0.717) is 5.02 Å². The first-order valence-electron chi connectivity index (χ1n) is 5.79. The van der Waals surface area contributed by atoms with Crippen LogP contribution in [0.25, 0.3) is 11.4 Å². The number of para-hydroxylation sites is 1. The largest absolute Gasteiger partial charge is 0.449 e. The number of nitrogens with one attached hydrogen (secondary N) is 1. The minimum Gasteiger partial charge on any atom is -0.216 e. The third-order valence-corrected chi connectivity index (χ3v) is 3.02. The number of aromatic amines is 1. The van der Waals surface area contributed by atoms with Gasteiger partial charge in [-0.3, -0.25) is 0 Å². The molecule has 94 valence electrons. The van der Waals surface area contributed by atoms with Gasteiger partial charge in [0.25, 0.3) is 6.33 Å². The van der Waals surface area contributed by atoms with Gasteiger partial charge in [0, 0.05) is 11.1 Å². The SMILES string of the molecule is O=c1[nH][n+](-c2ccccc2)cn1-c1cccc(Cl)c1. The van der Waals surface area contributed by atoms with E-state index >= 15 is 0 Å². The van der Waals surface area contributed by atoms with Crippen LogP contribution in [-0.2, 0) is 0 Å². The molecular weight excluding hydrogens is 262 g/mol. The van der Waals surface area contributed by atoms with Crippen molar-refractivity contribution >= 4 is 11.6 Å². The molecule has 5 heteroatoms. The number of hydrogen-bond donors (Lipinski definition) is 1. The Morgan fingerprint density at radius 2 is 1.84 bits per heavy atom. The molecule has 0 atom stereocenters. The highest BCUT2D eigenvalue weighted by molar-refractivity contribution is 6.30. The lowest BCUT2D eigenvalue weighted by molar-refractivity contribution is -0.658. The smallest absolute Gasteiger partial charge is 0.216 e. The van der Waals surface area contributed by atoms with Gasteiger partial charge in [-0.15, -0.1) is 14.3 Å². The van der Waals surface area contributed by atoms with Gasteiger partial charge < -0.3 is 0 Å². The number of nitrogens with zero attached hydrogens (tertiary/aromatic N) is 2. The van der Waals surface area contributed by atoms with E-state index in [0.717, 1.165) is 11.4 Å². The number of H-pyrrole nitrogens is 1. The summed E-state index contributed by atoms with van der Waals surface area (Å²) < 4.78 is 3.18. The maximum atomic E-state index is 12.0. The summed E-state index contributed by atoms with van der Waals surface area (Å²) in [7, 11) is 0. The number of hydrogen-bond acceptors (Lipinski definition) is 1. The van der Waals surface area contributed by atoms with E-state index in [1.807, 2.05) is 42.5 Å². The Balaban J connectivity index is 2.10. The van der Waals surface area contributed by atoms with E-state index in [1.165, 1.54) is 4.57 Å². The Kier molecular flexibility index (Phi) is 2.93. The maximum absolute atomic E-state index is 12.0. The Labute approximate surface area is 114 Å². The monoisotopic (exact) mass is 272 g/mol. The van der Waals surface area contributed by atoms with Crippen molar-refractivity contribution in [2.45, 2.75) is 0 Å². The summed E-state index contributed by atoms with van der Waals surface area (Å²) in [6.07, 6.45) is 1.70. The molecule has 0 bridgehead atoms. The van der Waals surface area contributed by atoms with E-state index in [4.69, 9.17) is 11.6 Å². The van der Waals surface area contributed by atoms with Gasteiger partial charge in [0.1, 0.15) is 5.69 Å². The van der Waals surface area contributed by atoms with Crippen molar-refractivity contribution in [3.8, 4) is 11.4 Å². The third-order valence-electron chi connectivity index (χ3n) is 2.79. The van der Waals surface area contributed by atoms with Crippen molar-refractivity contribution in [2.24, 2.45) is 0 Å². The van der Waals surface area contributed by atoms with Crippen molar-refractivity contribution in [3.63, 3.8) is 0 Å². The van der Waals surface area contributed by atoms with Crippen LogP contribution in [0, 0.1) is 0 Å². The lowest BCUT2D eigenvalue weighted by atomic mass is 10.3. The quantitative estimate of drug-likeness (QED) is 0.713. The average Bonchev–Trinajstić information content (AvgIpc) is 2.82.